The number of aryl methyl sites for hydroxylation is 2. The number of hydrogen-bond acceptors (Lipinski definition) is 3. The van der Waals surface area contributed by atoms with E-state index < -0.39 is 6.04 Å². The van der Waals surface area contributed by atoms with Crippen molar-refractivity contribution in [2.75, 3.05) is 19.8 Å². The Hall–Kier alpha value is -1.86. The molecule has 2 aliphatic rings. The van der Waals surface area contributed by atoms with Crippen molar-refractivity contribution in [1.29, 1.82) is 5.26 Å². The SMILES string of the molecule is N#C[C@@H]1COCCN1C(=O)c1ccc2c(c1)CCCC2. The number of ether oxygens (including phenoxy) is 1. The molecule has 0 saturated carbocycles. The zero-order valence-corrected chi connectivity index (χ0v) is 11.5. The average Bonchev–Trinajstić information content (AvgIpc) is 2.53. The molecule has 1 aromatic rings. The van der Waals surface area contributed by atoms with Crippen molar-refractivity contribution < 1.29 is 9.53 Å². The highest BCUT2D eigenvalue weighted by atomic mass is 16.5. The molecule has 1 heterocycles. The van der Waals surface area contributed by atoms with Crippen LogP contribution in [0.15, 0.2) is 18.2 Å². The van der Waals surface area contributed by atoms with E-state index in [1.807, 2.05) is 12.1 Å². The zero-order chi connectivity index (χ0) is 13.9. The van der Waals surface area contributed by atoms with Crippen molar-refractivity contribution in [3.63, 3.8) is 0 Å². The molecule has 20 heavy (non-hydrogen) atoms. The fraction of sp³-hybridized carbons (Fsp3) is 0.500. The molecule has 1 aliphatic heterocycles. The van der Waals surface area contributed by atoms with Gasteiger partial charge >= 0.3 is 0 Å². The molecule has 0 N–H and O–H groups in total. The largest absolute Gasteiger partial charge is 0.376 e. The predicted octanol–water partition coefficient (Wildman–Crippen LogP) is 1.93. The van der Waals surface area contributed by atoms with E-state index in [0.717, 1.165) is 12.8 Å². The Morgan fingerprint density at radius 1 is 1.30 bits per heavy atom. The van der Waals surface area contributed by atoms with Crippen LogP contribution in [-0.2, 0) is 17.6 Å². The Labute approximate surface area is 118 Å². The quantitative estimate of drug-likeness (QED) is 0.783. The van der Waals surface area contributed by atoms with Gasteiger partial charge < -0.3 is 9.64 Å². The summed E-state index contributed by atoms with van der Waals surface area (Å²) >= 11 is 0. The number of carbonyl (C=O) groups is 1. The number of morpholine rings is 1. The van der Waals surface area contributed by atoms with Gasteiger partial charge in [0.15, 0.2) is 0 Å². The van der Waals surface area contributed by atoms with Crippen molar-refractivity contribution in [1.82, 2.24) is 4.90 Å². The van der Waals surface area contributed by atoms with Gasteiger partial charge in [0.2, 0.25) is 0 Å². The van der Waals surface area contributed by atoms with Crippen molar-refractivity contribution in [2.45, 2.75) is 31.7 Å². The van der Waals surface area contributed by atoms with Crippen LogP contribution in [0.5, 0.6) is 0 Å². The van der Waals surface area contributed by atoms with E-state index in [1.54, 1.807) is 4.90 Å². The Morgan fingerprint density at radius 3 is 2.90 bits per heavy atom. The molecule has 1 fully saturated rings. The number of hydrogen-bond donors (Lipinski definition) is 0. The van der Waals surface area contributed by atoms with E-state index in [0.29, 0.717) is 25.3 Å². The van der Waals surface area contributed by atoms with Gasteiger partial charge in [-0.2, -0.15) is 5.26 Å². The van der Waals surface area contributed by atoms with Crippen LogP contribution in [0.25, 0.3) is 0 Å². The molecule has 1 aromatic carbocycles. The summed E-state index contributed by atoms with van der Waals surface area (Å²) < 4.78 is 5.26. The summed E-state index contributed by atoms with van der Waals surface area (Å²) in [6.45, 7) is 1.32. The molecule has 1 amide bonds. The van der Waals surface area contributed by atoms with Crippen LogP contribution in [-0.4, -0.2) is 36.6 Å². The Balaban J connectivity index is 1.85. The van der Waals surface area contributed by atoms with Gasteiger partial charge in [-0.1, -0.05) is 6.07 Å². The third-order valence-corrected chi connectivity index (χ3v) is 4.13. The summed E-state index contributed by atoms with van der Waals surface area (Å²) in [6.07, 6.45) is 4.60. The van der Waals surface area contributed by atoms with Gasteiger partial charge in [-0.15, -0.1) is 0 Å². The maximum atomic E-state index is 12.6. The number of benzene rings is 1. The maximum absolute atomic E-state index is 12.6. The van der Waals surface area contributed by atoms with Crippen LogP contribution < -0.4 is 0 Å². The first-order chi connectivity index (χ1) is 9.79. The highest BCUT2D eigenvalue weighted by Crippen LogP contribution is 2.23. The van der Waals surface area contributed by atoms with Gasteiger partial charge in [0.05, 0.1) is 19.3 Å². The van der Waals surface area contributed by atoms with Crippen LogP contribution in [0.4, 0.5) is 0 Å². The first-order valence-corrected chi connectivity index (χ1v) is 7.20. The van der Waals surface area contributed by atoms with Crippen molar-refractivity contribution in [3.8, 4) is 6.07 Å². The normalized spacial score (nSPS) is 21.9. The van der Waals surface area contributed by atoms with Gasteiger partial charge in [-0.3, -0.25) is 4.79 Å². The highest BCUT2D eigenvalue weighted by Gasteiger charge is 2.28. The van der Waals surface area contributed by atoms with Gasteiger partial charge in [0, 0.05) is 12.1 Å². The molecular weight excluding hydrogens is 252 g/mol. The standard InChI is InChI=1S/C16H18N2O2/c17-10-15-11-20-8-7-18(15)16(19)14-6-5-12-3-1-2-4-13(12)9-14/h5-6,9,15H,1-4,7-8,11H2/t15-/m1/s1. The molecule has 4 nitrogen and oxygen atoms in total. The van der Waals surface area contributed by atoms with E-state index >= 15 is 0 Å². The predicted molar refractivity (Wildman–Crippen MR) is 74.3 cm³/mol. The third kappa shape index (κ3) is 2.41. The van der Waals surface area contributed by atoms with E-state index in [2.05, 4.69) is 12.1 Å². The van der Waals surface area contributed by atoms with Gasteiger partial charge in [-0.25, -0.2) is 0 Å². The first kappa shape index (κ1) is 13.1. The molecule has 0 unspecified atom stereocenters. The molecule has 1 atom stereocenters. The minimum absolute atomic E-state index is 0.0479. The number of nitrogens with zero attached hydrogens (tertiary/aromatic N) is 2. The topological polar surface area (TPSA) is 53.3 Å². The number of fused-ring (bicyclic) bond motifs is 1. The van der Waals surface area contributed by atoms with Crippen LogP contribution in [0.2, 0.25) is 0 Å². The van der Waals surface area contributed by atoms with Gasteiger partial charge in [-0.05, 0) is 48.9 Å². The summed E-state index contributed by atoms with van der Waals surface area (Å²) in [7, 11) is 0. The number of amides is 1. The number of rotatable bonds is 1. The highest BCUT2D eigenvalue weighted by molar-refractivity contribution is 5.95. The molecule has 0 spiro atoms. The lowest BCUT2D eigenvalue weighted by Gasteiger charge is -2.31. The lowest BCUT2D eigenvalue weighted by molar-refractivity contribution is 0.0132. The number of nitriles is 1. The lowest BCUT2D eigenvalue weighted by atomic mass is 9.90. The van der Waals surface area contributed by atoms with E-state index in [-0.39, 0.29) is 5.91 Å². The Morgan fingerprint density at radius 2 is 2.10 bits per heavy atom. The molecule has 4 heteroatoms. The fourth-order valence-electron chi connectivity index (χ4n) is 2.99. The van der Waals surface area contributed by atoms with Crippen molar-refractivity contribution in [2.24, 2.45) is 0 Å². The molecule has 0 radical (unpaired) electrons. The monoisotopic (exact) mass is 270 g/mol. The fourth-order valence-corrected chi connectivity index (χ4v) is 2.99. The van der Waals surface area contributed by atoms with Crippen LogP contribution in [0.3, 0.4) is 0 Å². The summed E-state index contributed by atoms with van der Waals surface area (Å²) in [5.41, 5.74) is 3.36. The summed E-state index contributed by atoms with van der Waals surface area (Å²) in [6, 6.07) is 7.67. The maximum Gasteiger partial charge on any atom is 0.255 e. The van der Waals surface area contributed by atoms with Crippen molar-refractivity contribution >= 4 is 5.91 Å². The zero-order valence-electron chi connectivity index (χ0n) is 11.5. The van der Waals surface area contributed by atoms with Gasteiger partial charge in [0.25, 0.3) is 5.91 Å². The third-order valence-electron chi connectivity index (χ3n) is 4.13. The second kappa shape index (κ2) is 5.64. The molecule has 1 aliphatic carbocycles. The minimum atomic E-state index is -0.465. The molecular formula is C16H18N2O2. The van der Waals surface area contributed by atoms with Crippen LogP contribution >= 0.6 is 0 Å². The van der Waals surface area contributed by atoms with E-state index in [1.165, 1.54) is 24.0 Å². The average molecular weight is 270 g/mol. The van der Waals surface area contributed by atoms with Crippen molar-refractivity contribution in [3.05, 3.63) is 34.9 Å². The van der Waals surface area contributed by atoms with Crippen LogP contribution in [0, 0.1) is 11.3 Å². The molecule has 1 saturated heterocycles. The second-order valence-corrected chi connectivity index (χ2v) is 5.41. The second-order valence-electron chi connectivity index (χ2n) is 5.41. The molecule has 3 rings (SSSR count). The molecule has 0 bridgehead atoms. The Kier molecular flexibility index (Phi) is 3.70. The van der Waals surface area contributed by atoms with Crippen LogP contribution in [0.1, 0.15) is 34.3 Å². The first-order valence-electron chi connectivity index (χ1n) is 7.20. The summed E-state index contributed by atoms with van der Waals surface area (Å²) in [5, 5.41) is 9.13. The van der Waals surface area contributed by atoms with E-state index in [4.69, 9.17) is 10.00 Å². The number of carbonyl (C=O) groups excluding carboxylic acids is 1. The smallest absolute Gasteiger partial charge is 0.255 e. The summed E-state index contributed by atoms with van der Waals surface area (Å²) in [4.78, 5) is 14.2. The van der Waals surface area contributed by atoms with Gasteiger partial charge in [0.1, 0.15) is 6.04 Å². The summed E-state index contributed by atoms with van der Waals surface area (Å²) in [5.74, 6) is -0.0479. The molecule has 0 aromatic heterocycles. The Bertz CT molecular complexity index is 562. The molecule has 104 valence electrons. The van der Waals surface area contributed by atoms with E-state index in [9.17, 15) is 4.79 Å². The lowest BCUT2D eigenvalue weighted by Crippen LogP contribution is -2.48. The minimum Gasteiger partial charge on any atom is -0.376 e.